The largest absolute Gasteiger partial charge is 0.379 e. The van der Waals surface area contributed by atoms with Crippen molar-refractivity contribution >= 4 is 22.5 Å². The van der Waals surface area contributed by atoms with E-state index in [2.05, 4.69) is 50.5 Å². The molecule has 196 valence electrons. The van der Waals surface area contributed by atoms with Gasteiger partial charge in [0.25, 0.3) is 0 Å². The molecule has 5 rings (SSSR count). The minimum atomic E-state index is -0.125. The van der Waals surface area contributed by atoms with Crippen LogP contribution in [-0.4, -0.2) is 71.7 Å². The maximum atomic E-state index is 13.5. The van der Waals surface area contributed by atoms with Crippen molar-refractivity contribution in [2.75, 3.05) is 51.3 Å². The zero-order valence-corrected chi connectivity index (χ0v) is 22.2. The number of rotatable bonds is 10. The topological polar surface area (TPSA) is 70.6 Å². The summed E-state index contributed by atoms with van der Waals surface area (Å²) in [6, 6.07) is 26.3. The third kappa shape index (κ3) is 7.04. The number of benzene rings is 2. The fraction of sp³-hybridized carbons (Fsp3) is 0.300. The summed E-state index contributed by atoms with van der Waals surface area (Å²) in [5.41, 5.74) is 4.12. The molecular weight excluding hydrogens is 494 g/mol. The summed E-state index contributed by atoms with van der Waals surface area (Å²) in [6.07, 6.45) is 2.60. The summed E-state index contributed by atoms with van der Waals surface area (Å²) in [5, 5.41) is 5.65. The number of urea groups is 1. The fourth-order valence-electron chi connectivity index (χ4n) is 4.68. The van der Waals surface area contributed by atoms with E-state index in [0.717, 1.165) is 56.2 Å². The normalized spacial score (nSPS) is 14.6. The molecule has 2 amide bonds. The SMILES string of the molecule is O=C(Nc1nc(-c2ccccc2)cs1)N(CCC(c1ccccc1)c1ccccn1)CCN1CCOCC1. The lowest BCUT2D eigenvalue weighted by Crippen LogP contribution is -2.44. The Labute approximate surface area is 228 Å². The number of anilines is 1. The van der Waals surface area contributed by atoms with Gasteiger partial charge < -0.3 is 9.64 Å². The molecule has 2 aromatic carbocycles. The Kier molecular flexibility index (Phi) is 9.10. The van der Waals surface area contributed by atoms with Crippen LogP contribution in [0.4, 0.5) is 9.93 Å². The Morgan fingerprint density at radius 2 is 1.71 bits per heavy atom. The number of carbonyl (C=O) groups excluding carboxylic acids is 1. The number of morpholine rings is 1. The lowest BCUT2D eigenvalue weighted by molar-refractivity contribution is 0.0351. The smallest absolute Gasteiger partial charge is 0.323 e. The van der Waals surface area contributed by atoms with Gasteiger partial charge in [0.15, 0.2) is 5.13 Å². The van der Waals surface area contributed by atoms with Crippen LogP contribution in [0.1, 0.15) is 23.6 Å². The summed E-state index contributed by atoms with van der Waals surface area (Å²) >= 11 is 1.45. The molecule has 1 aliphatic heterocycles. The molecule has 3 heterocycles. The van der Waals surface area contributed by atoms with Gasteiger partial charge in [0.05, 0.1) is 18.9 Å². The van der Waals surface area contributed by atoms with Crippen molar-refractivity contribution in [3.63, 3.8) is 0 Å². The van der Waals surface area contributed by atoms with Crippen molar-refractivity contribution in [1.29, 1.82) is 0 Å². The molecule has 4 aromatic rings. The van der Waals surface area contributed by atoms with Crippen LogP contribution in [0.15, 0.2) is 90.4 Å². The van der Waals surface area contributed by atoms with Gasteiger partial charge in [-0.2, -0.15) is 0 Å². The summed E-state index contributed by atoms with van der Waals surface area (Å²) < 4.78 is 5.50. The number of hydrogen-bond acceptors (Lipinski definition) is 6. The Morgan fingerprint density at radius 3 is 2.45 bits per heavy atom. The number of nitrogens with zero attached hydrogens (tertiary/aromatic N) is 4. The maximum absolute atomic E-state index is 13.5. The third-order valence-electron chi connectivity index (χ3n) is 6.80. The average molecular weight is 528 g/mol. The highest BCUT2D eigenvalue weighted by Crippen LogP contribution is 2.28. The van der Waals surface area contributed by atoms with Gasteiger partial charge in [-0.1, -0.05) is 66.7 Å². The Balaban J connectivity index is 1.30. The van der Waals surface area contributed by atoms with Gasteiger partial charge in [-0.3, -0.25) is 15.2 Å². The minimum Gasteiger partial charge on any atom is -0.379 e. The molecule has 1 N–H and O–H groups in total. The number of aromatic nitrogens is 2. The molecule has 1 aliphatic rings. The van der Waals surface area contributed by atoms with Crippen molar-refractivity contribution in [2.24, 2.45) is 0 Å². The molecular formula is C30H33N5O2S. The summed E-state index contributed by atoms with van der Waals surface area (Å²) in [6.45, 7) is 5.30. The van der Waals surface area contributed by atoms with E-state index in [1.807, 2.05) is 65.0 Å². The molecule has 1 fully saturated rings. The first-order valence-electron chi connectivity index (χ1n) is 13.1. The zero-order chi connectivity index (χ0) is 26.0. The van der Waals surface area contributed by atoms with Crippen molar-refractivity contribution in [3.05, 3.63) is 102 Å². The number of amides is 2. The third-order valence-corrected chi connectivity index (χ3v) is 7.56. The zero-order valence-electron chi connectivity index (χ0n) is 21.4. The molecule has 1 atom stereocenters. The maximum Gasteiger partial charge on any atom is 0.323 e. The summed E-state index contributed by atoms with van der Waals surface area (Å²) in [5.74, 6) is 0.0978. The van der Waals surface area contributed by atoms with Crippen molar-refractivity contribution in [3.8, 4) is 11.3 Å². The van der Waals surface area contributed by atoms with Gasteiger partial charge in [-0.05, 0) is 24.1 Å². The second-order valence-electron chi connectivity index (χ2n) is 9.28. The number of carbonyl (C=O) groups is 1. The molecule has 1 unspecified atom stereocenters. The quantitative estimate of drug-likeness (QED) is 0.291. The van der Waals surface area contributed by atoms with E-state index in [0.29, 0.717) is 18.2 Å². The predicted octanol–water partition coefficient (Wildman–Crippen LogP) is 5.59. The second kappa shape index (κ2) is 13.3. The van der Waals surface area contributed by atoms with Crippen molar-refractivity contribution in [1.82, 2.24) is 19.8 Å². The lowest BCUT2D eigenvalue weighted by Gasteiger charge is -2.30. The van der Waals surface area contributed by atoms with E-state index in [1.54, 1.807) is 0 Å². The van der Waals surface area contributed by atoms with Crippen LogP contribution in [-0.2, 0) is 4.74 Å². The monoisotopic (exact) mass is 527 g/mol. The van der Waals surface area contributed by atoms with E-state index in [4.69, 9.17) is 4.74 Å². The van der Waals surface area contributed by atoms with Gasteiger partial charge in [0.2, 0.25) is 0 Å². The minimum absolute atomic E-state index is 0.0978. The first kappa shape index (κ1) is 26.0. The Hall–Kier alpha value is -3.59. The highest BCUT2D eigenvalue weighted by Gasteiger charge is 2.22. The molecule has 0 spiro atoms. The van der Waals surface area contributed by atoms with Crippen LogP contribution in [0.25, 0.3) is 11.3 Å². The van der Waals surface area contributed by atoms with Gasteiger partial charge in [0, 0.05) is 61.5 Å². The molecule has 8 heteroatoms. The highest BCUT2D eigenvalue weighted by molar-refractivity contribution is 7.14. The van der Waals surface area contributed by atoms with Crippen LogP contribution in [0, 0.1) is 0 Å². The van der Waals surface area contributed by atoms with Crippen LogP contribution < -0.4 is 5.32 Å². The standard InChI is InChI=1S/C30H33N5O2S/c36-30(33-29-32-28(23-38-29)25-11-5-2-6-12-25)35(18-17-34-19-21-37-22-20-34)16-14-26(24-9-3-1-4-10-24)27-13-7-8-15-31-27/h1-13,15,23,26H,14,16-22H2,(H,32,33,36). The van der Waals surface area contributed by atoms with Crippen molar-refractivity contribution in [2.45, 2.75) is 12.3 Å². The number of nitrogens with one attached hydrogen (secondary N) is 1. The second-order valence-corrected chi connectivity index (χ2v) is 10.1. The molecule has 0 aliphatic carbocycles. The van der Waals surface area contributed by atoms with E-state index in [9.17, 15) is 4.79 Å². The van der Waals surface area contributed by atoms with Crippen LogP contribution in [0.5, 0.6) is 0 Å². The average Bonchev–Trinajstić information content (AvgIpc) is 3.45. The van der Waals surface area contributed by atoms with Crippen LogP contribution in [0.3, 0.4) is 0 Å². The molecule has 0 saturated carbocycles. The molecule has 1 saturated heterocycles. The number of pyridine rings is 1. The molecule has 0 bridgehead atoms. The molecule has 0 radical (unpaired) electrons. The van der Waals surface area contributed by atoms with Crippen LogP contribution in [0.2, 0.25) is 0 Å². The molecule has 38 heavy (non-hydrogen) atoms. The predicted molar refractivity (Wildman–Crippen MR) is 153 cm³/mol. The number of hydrogen-bond donors (Lipinski definition) is 1. The Bertz CT molecular complexity index is 1220. The summed E-state index contributed by atoms with van der Waals surface area (Å²) in [4.78, 5) is 27.1. The number of ether oxygens (including phenoxy) is 1. The first-order valence-corrected chi connectivity index (χ1v) is 14.0. The highest BCUT2D eigenvalue weighted by atomic mass is 32.1. The van der Waals surface area contributed by atoms with E-state index >= 15 is 0 Å². The number of thiazole rings is 1. The Morgan fingerprint density at radius 1 is 0.974 bits per heavy atom. The van der Waals surface area contributed by atoms with Crippen LogP contribution >= 0.6 is 11.3 Å². The molecule has 2 aromatic heterocycles. The van der Waals surface area contributed by atoms with Gasteiger partial charge in [0.1, 0.15) is 0 Å². The van der Waals surface area contributed by atoms with Gasteiger partial charge in [-0.25, -0.2) is 9.78 Å². The first-order chi connectivity index (χ1) is 18.8. The lowest BCUT2D eigenvalue weighted by atomic mass is 9.92. The van der Waals surface area contributed by atoms with E-state index in [1.165, 1.54) is 16.9 Å². The molecule has 7 nitrogen and oxygen atoms in total. The van der Waals surface area contributed by atoms with Gasteiger partial charge in [-0.15, -0.1) is 11.3 Å². The van der Waals surface area contributed by atoms with Gasteiger partial charge >= 0.3 is 6.03 Å². The fourth-order valence-corrected chi connectivity index (χ4v) is 5.39. The van der Waals surface area contributed by atoms with E-state index in [-0.39, 0.29) is 11.9 Å². The summed E-state index contributed by atoms with van der Waals surface area (Å²) in [7, 11) is 0. The van der Waals surface area contributed by atoms with E-state index < -0.39 is 0 Å². The van der Waals surface area contributed by atoms with Crippen molar-refractivity contribution < 1.29 is 9.53 Å².